The molecule has 202 valence electrons. The van der Waals surface area contributed by atoms with Crippen LogP contribution in [-0.4, -0.2) is 18.4 Å². The van der Waals surface area contributed by atoms with Gasteiger partial charge in [-0.1, -0.05) is 66.7 Å². The summed E-state index contributed by atoms with van der Waals surface area (Å²) in [6.45, 7) is 20.5. The molecule has 3 nitrogen and oxygen atoms in total. The highest BCUT2D eigenvalue weighted by atomic mass is 28.4. The third-order valence-electron chi connectivity index (χ3n) is 8.70. The number of allylic oxidation sites excluding steroid dienone is 2. The predicted octanol–water partition coefficient (Wildman–Crippen LogP) is 9.03. The van der Waals surface area contributed by atoms with E-state index in [1.807, 2.05) is 0 Å². The zero-order chi connectivity index (χ0) is 27.3. The molecule has 1 heterocycles. The van der Waals surface area contributed by atoms with Crippen LogP contribution in [0, 0.1) is 11.2 Å². The summed E-state index contributed by atoms with van der Waals surface area (Å²) < 4.78 is 21.0. The van der Waals surface area contributed by atoms with Gasteiger partial charge in [0.1, 0.15) is 11.9 Å². The Labute approximate surface area is 224 Å². The zero-order valence-electron chi connectivity index (χ0n) is 24.3. The maximum absolute atomic E-state index is 13.8. The quantitative estimate of drug-likeness (QED) is 0.384. The second-order valence-corrected chi connectivity index (χ2v) is 18.5. The van der Waals surface area contributed by atoms with Gasteiger partial charge in [0.05, 0.1) is 6.10 Å². The van der Waals surface area contributed by atoms with Gasteiger partial charge >= 0.3 is 0 Å². The SMILES string of the molecule is CC(C)c1nc2c(c(C3=CCCC3)c1[C@H](O)c1ccc(F)cc1)[C@@H](O[Si](C)(C)C(C)(C)C)CC(C)(C)C2. The van der Waals surface area contributed by atoms with Crippen LogP contribution in [0.3, 0.4) is 0 Å². The van der Waals surface area contributed by atoms with Gasteiger partial charge < -0.3 is 9.53 Å². The van der Waals surface area contributed by atoms with E-state index in [1.165, 1.54) is 23.3 Å². The molecule has 2 atom stereocenters. The Kier molecular flexibility index (Phi) is 7.66. The first-order valence-electron chi connectivity index (χ1n) is 14.0. The number of aliphatic hydroxyl groups is 1. The Hall–Kier alpha value is -1.82. The van der Waals surface area contributed by atoms with Crippen molar-refractivity contribution < 1.29 is 13.9 Å². The lowest BCUT2D eigenvalue weighted by Crippen LogP contribution is -2.44. The minimum absolute atomic E-state index is 0.0657. The highest BCUT2D eigenvalue weighted by Crippen LogP contribution is 2.52. The van der Waals surface area contributed by atoms with Crippen LogP contribution in [0.2, 0.25) is 18.1 Å². The third kappa shape index (κ3) is 5.64. The fourth-order valence-corrected chi connectivity index (χ4v) is 6.97. The van der Waals surface area contributed by atoms with Gasteiger partial charge in [-0.05, 0) is 90.4 Å². The van der Waals surface area contributed by atoms with Gasteiger partial charge in [-0.25, -0.2) is 4.39 Å². The second-order valence-electron chi connectivity index (χ2n) is 13.8. The van der Waals surface area contributed by atoms with Gasteiger partial charge in [0.15, 0.2) is 8.32 Å². The molecule has 0 saturated carbocycles. The van der Waals surface area contributed by atoms with Crippen molar-refractivity contribution in [2.24, 2.45) is 5.41 Å². The number of nitrogens with zero attached hydrogens (tertiary/aromatic N) is 1. The first-order chi connectivity index (χ1) is 17.1. The van der Waals surface area contributed by atoms with E-state index in [4.69, 9.17) is 9.41 Å². The molecule has 0 amide bonds. The van der Waals surface area contributed by atoms with Crippen molar-refractivity contribution in [2.75, 3.05) is 0 Å². The van der Waals surface area contributed by atoms with E-state index >= 15 is 0 Å². The maximum atomic E-state index is 13.8. The number of pyridine rings is 1. The van der Waals surface area contributed by atoms with Crippen molar-refractivity contribution in [3.63, 3.8) is 0 Å². The Bertz CT molecular complexity index is 1170. The minimum atomic E-state index is -2.09. The number of fused-ring (bicyclic) bond motifs is 1. The second kappa shape index (κ2) is 10.1. The lowest BCUT2D eigenvalue weighted by Gasteiger charge is -2.45. The van der Waals surface area contributed by atoms with Crippen LogP contribution in [-0.2, 0) is 10.8 Å². The molecule has 2 aliphatic rings. The molecule has 4 rings (SSSR count). The smallest absolute Gasteiger partial charge is 0.192 e. The highest BCUT2D eigenvalue weighted by Gasteiger charge is 2.45. The number of aromatic nitrogens is 1. The molecule has 5 heteroatoms. The maximum Gasteiger partial charge on any atom is 0.192 e. The monoisotopic (exact) mass is 523 g/mol. The molecular weight excluding hydrogens is 477 g/mol. The summed E-state index contributed by atoms with van der Waals surface area (Å²) in [7, 11) is -2.09. The van der Waals surface area contributed by atoms with E-state index in [0.29, 0.717) is 5.56 Å². The number of hydrogen-bond acceptors (Lipinski definition) is 3. The molecule has 0 fully saturated rings. The van der Waals surface area contributed by atoms with Gasteiger partial charge in [-0.15, -0.1) is 0 Å². The minimum Gasteiger partial charge on any atom is -0.410 e. The molecule has 0 saturated heterocycles. The third-order valence-corrected chi connectivity index (χ3v) is 13.2. The Morgan fingerprint density at radius 3 is 2.32 bits per heavy atom. The normalized spacial score (nSPS) is 20.6. The number of hydrogen-bond donors (Lipinski definition) is 1. The molecule has 1 N–H and O–H groups in total. The van der Waals surface area contributed by atoms with Crippen molar-refractivity contribution in [3.8, 4) is 0 Å². The molecule has 0 aliphatic heterocycles. The van der Waals surface area contributed by atoms with Crippen LogP contribution in [0.15, 0.2) is 30.3 Å². The lowest BCUT2D eigenvalue weighted by molar-refractivity contribution is 0.105. The Balaban J connectivity index is 2.02. The topological polar surface area (TPSA) is 42.4 Å². The first kappa shape index (κ1) is 28.2. The highest BCUT2D eigenvalue weighted by molar-refractivity contribution is 6.74. The van der Waals surface area contributed by atoms with Gasteiger partial charge in [0, 0.05) is 22.5 Å². The molecule has 0 spiro atoms. The first-order valence-corrected chi connectivity index (χ1v) is 16.9. The summed E-state index contributed by atoms with van der Waals surface area (Å²) in [5.41, 5.74) is 7.38. The largest absolute Gasteiger partial charge is 0.410 e. The summed E-state index contributed by atoms with van der Waals surface area (Å²) in [6, 6.07) is 6.26. The molecule has 0 radical (unpaired) electrons. The van der Waals surface area contributed by atoms with E-state index in [-0.39, 0.29) is 28.3 Å². The van der Waals surface area contributed by atoms with E-state index < -0.39 is 14.4 Å². The summed E-state index contributed by atoms with van der Waals surface area (Å²) in [6.07, 6.45) is 6.40. The predicted molar refractivity (Wildman–Crippen MR) is 154 cm³/mol. The summed E-state index contributed by atoms with van der Waals surface area (Å²) in [4.78, 5) is 5.32. The molecule has 1 aromatic heterocycles. The Morgan fingerprint density at radius 1 is 1.14 bits per heavy atom. The van der Waals surface area contributed by atoms with Crippen LogP contribution in [0.1, 0.15) is 126 Å². The molecule has 0 unspecified atom stereocenters. The number of rotatable bonds is 6. The molecule has 2 aliphatic carbocycles. The van der Waals surface area contributed by atoms with E-state index in [1.54, 1.807) is 12.1 Å². The fourth-order valence-electron chi connectivity index (χ4n) is 5.70. The zero-order valence-corrected chi connectivity index (χ0v) is 25.3. The van der Waals surface area contributed by atoms with Crippen LogP contribution in [0.4, 0.5) is 4.39 Å². The lowest BCUT2D eigenvalue weighted by atomic mass is 9.71. The van der Waals surface area contributed by atoms with Gasteiger partial charge in [-0.3, -0.25) is 4.98 Å². The molecule has 0 bridgehead atoms. The van der Waals surface area contributed by atoms with Crippen LogP contribution in [0.25, 0.3) is 5.57 Å². The van der Waals surface area contributed by atoms with Crippen LogP contribution in [0.5, 0.6) is 0 Å². The average molecular weight is 524 g/mol. The summed E-state index contributed by atoms with van der Waals surface area (Å²) in [5.74, 6) is -0.159. The number of aliphatic hydroxyl groups excluding tert-OH is 1. The molecule has 37 heavy (non-hydrogen) atoms. The van der Waals surface area contributed by atoms with Crippen molar-refractivity contribution >= 4 is 13.9 Å². The number of halogens is 1. The summed E-state index contributed by atoms with van der Waals surface area (Å²) >= 11 is 0. The van der Waals surface area contributed by atoms with E-state index in [0.717, 1.165) is 54.6 Å². The standard InChI is InChI=1S/C32H46FNO2Si/c1-20(2)29-28(30(35)22-14-16-23(33)17-15-22)26(21-12-10-11-13-21)27-24(34-29)18-32(6,7)19-25(27)36-37(8,9)31(3,4)5/h12,14-17,20,25,30,35H,10-11,13,18-19H2,1-9H3/t25-,30+/m0/s1. The number of benzene rings is 1. The molecular formula is C32H46FNO2Si. The van der Waals surface area contributed by atoms with E-state index in [9.17, 15) is 9.50 Å². The molecule has 1 aromatic carbocycles. The van der Waals surface area contributed by atoms with Crippen molar-refractivity contribution in [3.05, 3.63) is 69.8 Å². The van der Waals surface area contributed by atoms with Crippen LogP contribution >= 0.6 is 0 Å². The van der Waals surface area contributed by atoms with Gasteiger partial charge in [0.2, 0.25) is 0 Å². The van der Waals surface area contributed by atoms with Crippen molar-refractivity contribution in [2.45, 2.75) is 117 Å². The van der Waals surface area contributed by atoms with Crippen LogP contribution < -0.4 is 0 Å². The molecule has 2 aromatic rings. The van der Waals surface area contributed by atoms with Crippen molar-refractivity contribution in [1.29, 1.82) is 0 Å². The summed E-state index contributed by atoms with van der Waals surface area (Å²) in [5, 5.41) is 12.0. The van der Waals surface area contributed by atoms with Crippen molar-refractivity contribution in [1.82, 2.24) is 4.98 Å². The average Bonchev–Trinajstić information content (AvgIpc) is 3.30. The van der Waals surface area contributed by atoms with Gasteiger partial charge in [0.25, 0.3) is 0 Å². The fraction of sp³-hybridized carbons (Fsp3) is 0.594. The van der Waals surface area contributed by atoms with Gasteiger partial charge in [-0.2, -0.15) is 0 Å². The Morgan fingerprint density at radius 2 is 1.78 bits per heavy atom. The van der Waals surface area contributed by atoms with E-state index in [2.05, 4.69) is 67.6 Å².